The molecule has 1 aliphatic heterocycles. The van der Waals surface area contributed by atoms with Gasteiger partial charge in [-0.25, -0.2) is 4.98 Å². The molecule has 2 aromatic rings. The van der Waals surface area contributed by atoms with Crippen LogP contribution in [0.15, 0.2) is 36.9 Å². The summed E-state index contributed by atoms with van der Waals surface area (Å²) in [5.41, 5.74) is 4.72. The average molecular weight is 295 g/mol. The van der Waals surface area contributed by atoms with E-state index in [4.69, 9.17) is 0 Å². The number of unbranched alkanes of at least 4 members (excludes halogenated alkanes) is 1. The van der Waals surface area contributed by atoms with Crippen molar-refractivity contribution in [3.8, 4) is 0 Å². The van der Waals surface area contributed by atoms with Gasteiger partial charge in [0.2, 0.25) is 5.91 Å². The van der Waals surface area contributed by atoms with Crippen molar-refractivity contribution in [1.82, 2.24) is 9.55 Å². The molecule has 22 heavy (non-hydrogen) atoms. The van der Waals surface area contributed by atoms with E-state index < -0.39 is 0 Å². The zero-order valence-electron chi connectivity index (χ0n) is 12.9. The second kappa shape index (κ2) is 6.60. The highest BCUT2D eigenvalue weighted by Crippen LogP contribution is 2.29. The molecule has 2 heterocycles. The van der Waals surface area contributed by atoms with Crippen LogP contribution in [0.4, 0.5) is 5.69 Å². The number of carbonyl (C=O) groups is 1. The van der Waals surface area contributed by atoms with Crippen LogP contribution >= 0.6 is 0 Å². The van der Waals surface area contributed by atoms with E-state index in [1.165, 1.54) is 23.1 Å². The maximum absolute atomic E-state index is 11.5. The minimum Gasteiger partial charge on any atom is -0.326 e. The number of amides is 1. The maximum Gasteiger partial charge on any atom is 0.224 e. The van der Waals surface area contributed by atoms with Crippen LogP contribution in [0.1, 0.15) is 43.7 Å². The van der Waals surface area contributed by atoms with Crippen LogP contribution in [-0.4, -0.2) is 15.5 Å². The molecule has 0 radical (unpaired) electrons. The summed E-state index contributed by atoms with van der Waals surface area (Å²) in [6, 6.07) is 6.34. The third-order valence-electron chi connectivity index (χ3n) is 4.00. The summed E-state index contributed by atoms with van der Waals surface area (Å²) < 4.78 is 1.99. The standard InChI is InChI=1S/C18H21N3O/c1-2-3-4-16(12-21-10-9-19-13-21)14-5-7-17-15(11-14)6-8-18(22)20-17/h5,7,9-13H,2-4,6,8H2,1H3,(H,20,22). The van der Waals surface area contributed by atoms with Gasteiger partial charge in [-0.05, 0) is 48.1 Å². The van der Waals surface area contributed by atoms with Gasteiger partial charge in [0, 0.05) is 30.7 Å². The van der Waals surface area contributed by atoms with Crippen LogP contribution in [0.5, 0.6) is 0 Å². The molecule has 1 aromatic heterocycles. The number of carbonyl (C=O) groups excluding carboxylic acids is 1. The second-order valence-electron chi connectivity index (χ2n) is 5.69. The normalized spacial score (nSPS) is 14.6. The first kappa shape index (κ1) is 14.6. The number of nitrogens with zero attached hydrogens (tertiary/aromatic N) is 2. The molecule has 1 aliphatic rings. The molecule has 0 bridgehead atoms. The van der Waals surface area contributed by atoms with E-state index in [-0.39, 0.29) is 5.91 Å². The van der Waals surface area contributed by atoms with Crippen molar-refractivity contribution in [2.45, 2.75) is 39.0 Å². The number of benzene rings is 1. The van der Waals surface area contributed by atoms with Gasteiger partial charge in [-0.1, -0.05) is 19.4 Å². The quantitative estimate of drug-likeness (QED) is 0.907. The Morgan fingerprint density at radius 1 is 1.41 bits per heavy atom. The lowest BCUT2D eigenvalue weighted by Gasteiger charge is -2.18. The number of aromatic nitrogens is 2. The third-order valence-corrected chi connectivity index (χ3v) is 4.00. The summed E-state index contributed by atoms with van der Waals surface area (Å²) in [5, 5.41) is 2.94. The van der Waals surface area contributed by atoms with Crippen molar-refractivity contribution in [2.75, 3.05) is 5.32 Å². The number of rotatable bonds is 5. The van der Waals surface area contributed by atoms with E-state index in [9.17, 15) is 4.79 Å². The SMILES string of the molecule is CCCCC(=Cn1ccnc1)c1ccc2c(c1)CCC(=O)N2. The molecule has 1 N–H and O–H groups in total. The lowest BCUT2D eigenvalue weighted by molar-refractivity contribution is -0.116. The molecule has 0 spiro atoms. The first-order valence-electron chi connectivity index (χ1n) is 7.87. The van der Waals surface area contributed by atoms with E-state index in [0.717, 1.165) is 24.9 Å². The molecule has 0 saturated heterocycles. The lowest BCUT2D eigenvalue weighted by atomic mass is 9.95. The summed E-state index contributed by atoms with van der Waals surface area (Å²) in [7, 11) is 0. The summed E-state index contributed by atoms with van der Waals surface area (Å²) in [6.07, 6.45) is 12.5. The summed E-state index contributed by atoms with van der Waals surface area (Å²) >= 11 is 0. The summed E-state index contributed by atoms with van der Waals surface area (Å²) in [5.74, 6) is 0.111. The average Bonchev–Trinajstić information content (AvgIpc) is 3.04. The van der Waals surface area contributed by atoms with Crippen molar-refractivity contribution in [2.24, 2.45) is 0 Å². The van der Waals surface area contributed by atoms with Crippen molar-refractivity contribution < 1.29 is 4.79 Å². The fourth-order valence-corrected chi connectivity index (χ4v) is 2.76. The zero-order chi connectivity index (χ0) is 15.4. The number of imidazole rings is 1. The molecule has 1 amide bonds. The Morgan fingerprint density at radius 3 is 3.09 bits per heavy atom. The smallest absolute Gasteiger partial charge is 0.224 e. The minimum atomic E-state index is 0.111. The van der Waals surface area contributed by atoms with E-state index >= 15 is 0 Å². The number of hydrogen-bond donors (Lipinski definition) is 1. The predicted octanol–water partition coefficient (Wildman–Crippen LogP) is 3.96. The molecule has 114 valence electrons. The Balaban J connectivity index is 1.92. The number of anilines is 1. The van der Waals surface area contributed by atoms with E-state index in [1.807, 2.05) is 23.2 Å². The number of fused-ring (bicyclic) bond motifs is 1. The third kappa shape index (κ3) is 3.27. The van der Waals surface area contributed by atoms with E-state index in [2.05, 4.69) is 35.6 Å². The highest BCUT2D eigenvalue weighted by Gasteiger charge is 2.15. The summed E-state index contributed by atoms with van der Waals surface area (Å²) in [4.78, 5) is 15.6. The minimum absolute atomic E-state index is 0.111. The van der Waals surface area contributed by atoms with Gasteiger partial charge in [0.05, 0.1) is 6.33 Å². The first-order chi connectivity index (χ1) is 10.8. The van der Waals surface area contributed by atoms with Gasteiger partial charge in [0.25, 0.3) is 0 Å². The van der Waals surface area contributed by atoms with Crippen LogP contribution in [0.2, 0.25) is 0 Å². The highest BCUT2D eigenvalue weighted by atomic mass is 16.1. The molecule has 0 atom stereocenters. The Hall–Kier alpha value is -2.36. The number of hydrogen-bond acceptors (Lipinski definition) is 2. The second-order valence-corrected chi connectivity index (χ2v) is 5.69. The Bertz CT molecular complexity index is 686. The van der Waals surface area contributed by atoms with Crippen molar-refractivity contribution in [1.29, 1.82) is 0 Å². The Kier molecular flexibility index (Phi) is 4.37. The van der Waals surface area contributed by atoms with E-state index in [0.29, 0.717) is 6.42 Å². The molecule has 0 unspecified atom stereocenters. The van der Waals surface area contributed by atoms with Crippen LogP contribution in [0.25, 0.3) is 11.8 Å². The number of nitrogens with one attached hydrogen (secondary N) is 1. The van der Waals surface area contributed by atoms with E-state index in [1.54, 1.807) is 6.20 Å². The Morgan fingerprint density at radius 2 is 2.32 bits per heavy atom. The number of allylic oxidation sites excluding steroid dienone is 1. The highest BCUT2D eigenvalue weighted by molar-refractivity contribution is 5.94. The molecule has 4 heteroatoms. The number of aryl methyl sites for hydroxylation is 1. The largest absolute Gasteiger partial charge is 0.326 e. The van der Waals surface area contributed by atoms with Gasteiger partial charge in [-0.3, -0.25) is 4.79 Å². The monoisotopic (exact) mass is 295 g/mol. The van der Waals surface area contributed by atoms with Crippen LogP contribution in [-0.2, 0) is 11.2 Å². The van der Waals surface area contributed by atoms with Gasteiger partial charge in [-0.2, -0.15) is 0 Å². The van der Waals surface area contributed by atoms with Crippen molar-refractivity contribution in [3.63, 3.8) is 0 Å². The molecule has 0 saturated carbocycles. The van der Waals surface area contributed by atoms with Gasteiger partial charge < -0.3 is 9.88 Å². The predicted molar refractivity (Wildman–Crippen MR) is 89.3 cm³/mol. The molecule has 0 aliphatic carbocycles. The molecule has 4 nitrogen and oxygen atoms in total. The Labute approximate surface area is 130 Å². The molecule has 0 fully saturated rings. The fraction of sp³-hybridized carbons (Fsp3) is 0.333. The van der Waals surface area contributed by atoms with Crippen LogP contribution < -0.4 is 5.32 Å². The maximum atomic E-state index is 11.5. The van der Waals surface area contributed by atoms with Gasteiger partial charge >= 0.3 is 0 Å². The van der Waals surface area contributed by atoms with Gasteiger partial charge in [0.15, 0.2) is 0 Å². The topological polar surface area (TPSA) is 46.9 Å². The first-order valence-corrected chi connectivity index (χ1v) is 7.87. The molecular weight excluding hydrogens is 274 g/mol. The van der Waals surface area contributed by atoms with Gasteiger partial charge in [-0.15, -0.1) is 0 Å². The molecule has 3 rings (SSSR count). The van der Waals surface area contributed by atoms with Crippen LogP contribution in [0, 0.1) is 0 Å². The molecular formula is C18H21N3O. The zero-order valence-corrected chi connectivity index (χ0v) is 12.9. The lowest BCUT2D eigenvalue weighted by Crippen LogP contribution is -2.18. The van der Waals surface area contributed by atoms with Crippen molar-refractivity contribution >= 4 is 23.4 Å². The van der Waals surface area contributed by atoms with Crippen molar-refractivity contribution in [3.05, 3.63) is 48.0 Å². The van der Waals surface area contributed by atoms with Crippen LogP contribution in [0.3, 0.4) is 0 Å². The van der Waals surface area contributed by atoms with Gasteiger partial charge in [0.1, 0.15) is 0 Å². The molecule has 1 aromatic carbocycles. The fourth-order valence-electron chi connectivity index (χ4n) is 2.76. The summed E-state index contributed by atoms with van der Waals surface area (Å²) in [6.45, 7) is 2.21.